The molecule has 94 valence electrons. The van der Waals surface area contributed by atoms with E-state index in [1.165, 1.54) is 6.07 Å². The highest BCUT2D eigenvalue weighted by atomic mass is 79.9. The van der Waals surface area contributed by atoms with E-state index >= 15 is 0 Å². The van der Waals surface area contributed by atoms with Crippen LogP contribution in [0.4, 0.5) is 4.39 Å². The van der Waals surface area contributed by atoms with Crippen molar-refractivity contribution in [3.8, 4) is 11.3 Å². The largest absolute Gasteiger partial charge is 0.463 e. The molecule has 0 atom stereocenters. The van der Waals surface area contributed by atoms with Gasteiger partial charge in [-0.25, -0.2) is 4.39 Å². The Balaban J connectivity index is 1.97. The number of nitrogens with two attached hydrogens (primary N) is 1. The fraction of sp³-hybridized carbons (Fsp3) is 0.286. The first kappa shape index (κ1) is 11.9. The maximum absolute atomic E-state index is 13.8. The monoisotopic (exact) mass is 309 g/mol. The summed E-state index contributed by atoms with van der Waals surface area (Å²) in [6.07, 6.45) is 4.14. The second-order valence-corrected chi connectivity index (χ2v) is 5.80. The predicted molar refractivity (Wildman–Crippen MR) is 71.7 cm³/mol. The van der Waals surface area contributed by atoms with Crippen molar-refractivity contribution in [1.29, 1.82) is 0 Å². The summed E-state index contributed by atoms with van der Waals surface area (Å²) in [5.41, 5.74) is 7.38. The Kier molecular flexibility index (Phi) is 2.79. The van der Waals surface area contributed by atoms with Crippen molar-refractivity contribution in [1.82, 2.24) is 0 Å². The molecule has 1 aliphatic carbocycles. The quantitative estimate of drug-likeness (QED) is 0.934. The van der Waals surface area contributed by atoms with E-state index in [2.05, 4.69) is 15.9 Å². The molecule has 0 unspecified atom stereocenters. The lowest BCUT2D eigenvalue weighted by Gasteiger charge is -2.10. The second kappa shape index (κ2) is 4.21. The average molecular weight is 310 g/mol. The third-order valence-corrected chi connectivity index (χ3v) is 3.98. The maximum Gasteiger partial charge on any atom is 0.148 e. The van der Waals surface area contributed by atoms with Gasteiger partial charge in [-0.05, 0) is 65.0 Å². The van der Waals surface area contributed by atoms with Gasteiger partial charge in [-0.2, -0.15) is 0 Å². The predicted octanol–water partition coefficient (Wildman–Crippen LogP) is 3.88. The van der Waals surface area contributed by atoms with Gasteiger partial charge in [-0.15, -0.1) is 0 Å². The molecule has 4 heteroatoms. The van der Waals surface area contributed by atoms with Gasteiger partial charge in [-0.1, -0.05) is 0 Å². The van der Waals surface area contributed by atoms with Crippen LogP contribution in [0.25, 0.3) is 11.3 Å². The molecule has 1 fully saturated rings. The summed E-state index contributed by atoms with van der Waals surface area (Å²) in [5, 5.41) is 0. The molecular weight excluding hydrogens is 297 g/mol. The Bertz CT molecular complexity index is 589. The van der Waals surface area contributed by atoms with Crippen LogP contribution in [0.5, 0.6) is 0 Å². The second-order valence-electron chi connectivity index (χ2n) is 4.94. The van der Waals surface area contributed by atoms with Gasteiger partial charge in [0.05, 0.1) is 10.7 Å². The Hall–Kier alpha value is -1.13. The van der Waals surface area contributed by atoms with Crippen LogP contribution in [0.2, 0.25) is 0 Å². The molecule has 0 saturated heterocycles. The molecule has 1 saturated carbocycles. The lowest BCUT2D eigenvalue weighted by Crippen LogP contribution is -2.25. The van der Waals surface area contributed by atoms with E-state index in [1.807, 2.05) is 12.1 Å². The molecule has 3 rings (SSSR count). The minimum atomic E-state index is -0.196. The minimum absolute atomic E-state index is 0.195. The zero-order valence-electron chi connectivity index (χ0n) is 9.75. The molecule has 1 aromatic heterocycles. The Morgan fingerprint density at radius 2 is 2.11 bits per heavy atom. The summed E-state index contributed by atoms with van der Waals surface area (Å²) in [4.78, 5) is 0. The van der Waals surface area contributed by atoms with Crippen molar-refractivity contribution in [2.75, 3.05) is 0 Å². The highest BCUT2D eigenvalue weighted by Gasteiger charge is 2.38. The van der Waals surface area contributed by atoms with Gasteiger partial charge < -0.3 is 10.2 Å². The molecule has 1 aromatic carbocycles. The molecule has 1 heterocycles. The smallest absolute Gasteiger partial charge is 0.148 e. The van der Waals surface area contributed by atoms with E-state index in [-0.39, 0.29) is 11.4 Å². The normalized spacial score (nSPS) is 16.8. The Morgan fingerprint density at radius 3 is 2.72 bits per heavy atom. The van der Waals surface area contributed by atoms with Crippen molar-refractivity contribution in [2.24, 2.45) is 5.73 Å². The molecule has 18 heavy (non-hydrogen) atoms. The average Bonchev–Trinajstić information content (AvgIpc) is 2.89. The van der Waals surface area contributed by atoms with Crippen LogP contribution in [0.15, 0.2) is 39.4 Å². The van der Waals surface area contributed by atoms with Crippen LogP contribution in [0.1, 0.15) is 18.4 Å². The van der Waals surface area contributed by atoms with Gasteiger partial charge >= 0.3 is 0 Å². The van der Waals surface area contributed by atoms with Crippen molar-refractivity contribution >= 4 is 15.9 Å². The molecule has 0 radical (unpaired) electrons. The summed E-state index contributed by atoms with van der Waals surface area (Å²) < 4.78 is 20.0. The fourth-order valence-corrected chi connectivity index (χ4v) is 2.50. The Morgan fingerprint density at radius 1 is 1.33 bits per heavy atom. The van der Waals surface area contributed by atoms with Crippen molar-refractivity contribution < 1.29 is 8.81 Å². The summed E-state index contributed by atoms with van der Waals surface area (Å²) >= 11 is 3.41. The number of rotatable bonds is 3. The molecule has 2 nitrogen and oxygen atoms in total. The van der Waals surface area contributed by atoms with Crippen LogP contribution < -0.4 is 5.73 Å². The number of furan rings is 1. The number of hydrogen-bond donors (Lipinski definition) is 1. The number of benzene rings is 1. The van der Waals surface area contributed by atoms with Gasteiger partial charge in [0.2, 0.25) is 0 Å². The van der Waals surface area contributed by atoms with E-state index in [1.54, 1.807) is 12.3 Å². The molecule has 0 spiro atoms. The summed E-state index contributed by atoms with van der Waals surface area (Å²) in [7, 11) is 0. The van der Waals surface area contributed by atoms with E-state index < -0.39 is 0 Å². The van der Waals surface area contributed by atoms with Gasteiger partial charge in [0, 0.05) is 11.1 Å². The first-order valence-electron chi connectivity index (χ1n) is 5.88. The van der Waals surface area contributed by atoms with Crippen molar-refractivity contribution in [3.05, 3.63) is 46.4 Å². The Labute approximate surface area is 113 Å². The minimum Gasteiger partial charge on any atom is -0.463 e. The van der Waals surface area contributed by atoms with Crippen molar-refractivity contribution in [3.63, 3.8) is 0 Å². The van der Waals surface area contributed by atoms with Crippen LogP contribution in [-0.2, 0) is 6.42 Å². The topological polar surface area (TPSA) is 39.2 Å². The maximum atomic E-state index is 13.8. The van der Waals surface area contributed by atoms with Crippen molar-refractivity contribution in [2.45, 2.75) is 24.8 Å². The van der Waals surface area contributed by atoms with Gasteiger partial charge in [0.1, 0.15) is 11.6 Å². The van der Waals surface area contributed by atoms with Gasteiger partial charge in [-0.3, -0.25) is 0 Å². The number of hydrogen-bond acceptors (Lipinski definition) is 2. The molecular formula is C14H13BrFNO. The van der Waals surface area contributed by atoms with E-state index in [9.17, 15) is 4.39 Å². The zero-order valence-corrected chi connectivity index (χ0v) is 11.3. The molecule has 0 bridgehead atoms. The molecule has 0 aliphatic heterocycles. The highest BCUT2D eigenvalue weighted by Crippen LogP contribution is 2.37. The summed E-state index contributed by atoms with van der Waals surface area (Å²) in [6.45, 7) is 0. The van der Waals surface area contributed by atoms with E-state index in [4.69, 9.17) is 10.2 Å². The molecule has 0 amide bonds. The van der Waals surface area contributed by atoms with Crippen LogP contribution in [0, 0.1) is 5.82 Å². The highest BCUT2D eigenvalue weighted by molar-refractivity contribution is 9.10. The molecule has 1 aliphatic rings. The van der Waals surface area contributed by atoms with E-state index in [0.717, 1.165) is 28.6 Å². The fourth-order valence-electron chi connectivity index (χ4n) is 2.07. The standard InChI is InChI=1S/C14H13BrFNO/c15-11-3-6-18-13(11)9-1-2-12(16)10(7-9)8-14(17)4-5-14/h1-3,6-7H,4-5,8,17H2. The zero-order chi connectivity index (χ0) is 12.8. The summed E-state index contributed by atoms with van der Waals surface area (Å²) in [6, 6.07) is 6.85. The number of halogens is 2. The first-order chi connectivity index (χ1) is 8.57. The third-order valence-electron chi connectivity index (χ3n) is 3.36. The lowest BCUT2D eigenvalue weighted by molar-refractivity contribution is 0.574. The van der Waals surface area contributed by atoms with Gasteiger partial charge in [0.25, 0.3) is 0 Å². The lowest BCUT2D eigenvalue weighted by atomic mass is 10.0. The van der Waals surface area contributed by atoms with Crippen LogP contribution >= 0.6 is 15.9 Å². The van der Waals surface area contributed by atoms with Crippen LogP contribution in [0.3, 0.4) is 0 Å². The van der Waals surface area contributed by atoms with E-state index in [0.29, 0.717) is 12.0 Å². The van der Waals surface area contributed by atoms with Gasteiger partial charge in [0.15, 0.2) is 0 Å². The third kappa shape index (κ3) is 2.22. The van der Waals surface area contributed by atoms with Crippen LogP contribution in [-0.4, -0.2) is 5.54 Å². The molecule has 2 N–H and O–H groups in total. The first-order valence-corrected chi connectivity index (χ1v) is 6.67. The SMILES string of the molecule is NC1(Cc2cc(-c3occc3Br)ccc2F)CC1. The summed E-state index contributed by atoms with van der Waals surface area (Å²) in [5.74, 6) is 0.524. The molecule has 2 aromatic rings.